The predicted molar refractivity (Wildman–Crippen MR) is 101 cm³/mol. The van der Waals surface area contributed by atoms with Gasteiger partial charge in [0.2, 0.25) is 5.90 Å². The van der Waals surface area contributed by atoms with Gasteiger partial charge in [0.15, 0.2) is 0 Å². The van der Waals surface area contributed by atoms with Crippen molar-refractivity contribution in [2.24, 2.45) is 4.99 Å². The number of aliphatic imine (C=N–C) groups is 1. The first kappa shape index (κ1) is 15.2. The van der Waals surface area contributed by atoms with Crippen LogP contribution in [-0.4, -0.2) is 18.0 Å². The SMILES string of the molecule is CC1(C)COC(c2ccc(Cl)cc2-c2cccc3ccccc23)=N1. The number of benzene rings is 3. The van der Waals surface area contributed by atoms with Gasteiger partial charge in [-0.15, -0.1) is 0 Å². The minimum absolute atomic E-state index is 0.189. The summed E-state index contributed by atoms with van der Waals surface area (Å²) in [6, 6.07) is 20.6. The van der Waals surface area contributed by atoms with Crippen molar-refractivity contribution < 1.29 is 4.74 Å². The summed E-state index contributed by atoms with van der Waals surface area (Å²) in [4.78, 5) is 4.74. The number of hydrogen-bond acceptors (Lipinski definition) is 2. The molecule has 3 aromatic carbocycles. The van der Waals surface area contributed by atoms with Crippen LogP contribution in [0.3, 0.4) is 0 Å². The van der Waals surface area contributed by atoms with E-state index < -0.39 is 0 Å². The minimum atomic E-state index is -0.189. The highest BCUT2D eigenvalue weighted by Crippen LogP contribution is 2.35. The summed E-state index contributed by atoms with van der Waals surface area (Å²) in [6.45, 7) is 4.75. The standard InChI is InChI=1S/C21H18ClNO/c1-21(2)13-24-20(23-21)18-11-10-15(22)12-19(18)17-9-5-7-14-6-3-4-8-16(14)17/h3-12H,13H2,1-2H3. The smallest absolute Gasteiger partial charge is 0.217 e. The van der Waals surface area contributed by atoms with E-state index in [4.69, 9.17) is 21.3 Å². The fourth-order valence-electron chi connectivity index (χ4n) is 3.11. The number of rotatable bonds is 2. The first-order valence-corrected chi connectivity index (χ1v) is 8.42. The maximum absolute atomic E-state index is 6.30. The molecule has 120 valence electrons. The van der Waals surface area contributed by atoms with Crippen molar-refractivity contribution in [1.82, 2.24) is 0 Å². The molecule has 0 atom stereocenters. The summed E-state index contributed by atoms with van der Waals surface area (Å²) >= 11 is 6.30. The Balaban J connectivity index is 1.97. The Kier molecular flexibility index (Phi) is 3.58. The lowest BCUT2D eigenvalue weighted by Crippen LogP contribution is -2.17. The molecule has 2 nitrogen and oxygen atoms in total. The van der Waals surface area contributed by atoms with Crippen LogP contribution in [0.5, 0.6) is 0 Å². The molecule has 0 spiro atoms. The Morgan fingerprint density at radius 1 is 0.917 bits per heavy atom. The normalized spacial score (nSPS) is 16.0. The van der Waals surface area contributed by atoms with E-state index in [0.717, 1.165) is 16.7 Å². The van der Waals surface area contributed by atoms with Gasteiger partial charge in [0.1, 0.15) is 6.61 Å². The summed E-state index contributed by atoms with van der Waals surface area (Å²) in [6.07, 6.45) is 0. The lowest BCUT2D eigenvalue weighted by atomic mass is 9.94. The molecular weight excluding hydrogens is 318 g/mol. The van der Waals surface area contributed by atoms with Gasteiger partial charge in [0, 0.05) is 10.6 Å². The number of nitrogens with zero attached hydrogens (tertiary/aromatic N) is 1. The van der Waals surface area contributed by atoms with Crippen LogP contribution in [0.1, 0.15) is 19.4 Å². The maximum atomic E-state index is 6.30. The first-order chi connectivity index (χ1) is 11.5. The molecule has 0 bridgehead atoms. The Morgan fingerprint density at radius 3 is 2.50 bits per heavy atom. The molecule has 3 heteroatoms. The molecule has 1 heterocycles. The van der Waals surface area contributed by atoms with Crippen molar-refractivity contribution in [2.45, 2.75) is 19.4 Å². The van der Waals surface area contributed by atoms with E-state index in [-0.39, 0.29) is 5.54 Å². The van der Waals surface area contributed by atoms with Gasteiger partial charge in [-0.2, -0.15) is 0 Å². The topological polar surface area (TPSA) is 21.6 Å². The van der Waals surface area contributed by atoms with Gasteiger partial charge < -0.3 is 4.74 Å². The molecule has 24 heavy (non-hydrogen) atoms. The highest BCUT2D eigenvalue weighted by Gasteiger charge is 2.28. The molecule has 0 amide bonds. The average Bonchev–Trinajstić information content (AvgIpc) is 2.94. The Hall–Kier alpha value is -2.32. The van der Waals surface area contributed by atoms with Crippen molar-refractivity contribution in [3.63, 3.8) is 0 Å². The second-order valence-electron chi connectivity index (χ2n) is 6.73. The lowest BCUT2D eigenvalue weighted by molar-refractivity contribution is 0.279. The van der Waals surface area contributed by atoms with E-state index in [9.17, 15) is 0 Å². The van der Waals surface area contributed by atoms with Crippen LogP contribution in [0.15, 0.2) is 65.7 Å². The van der Waals surface area contributed by atoms with Crippen LogP contribution in [0.25, 0.3) is 21.9 Å². The highest BCUT2D eigenvalue weighted by molar-refractivity contribution is 6.31. The number of fused-ring (bicyclic) bond motifs is 1. The zero-order chi connectivity index (χ0) is 16.7. The molecule has 0 aliphatic carbocycles. The fourth-order valence-corrected chi connectivity index (χ4v) is 3.28. The molecule has 0 radical (unpaired) electrons. The van der Waals surface area contributed by atoms with E-state index in [2.05, 4.69) is 56.3 Å². The molecule has 0 unspecified atom stereocenters. The first-order valence-electron chi connectivity index (χ1n) is 8.04. The molecule has 4 rings (SSSR count). The van der Waals surface area contributed by atoms with Crippen molar-refractivity contribution in [2.75, 3.05) is 6.61 Å². The van der Waals surface area contributed by atoms with E-state index in [0.29, 0.717) is 17.5 Å². The van der Waals surface area contributed by atoms with Gasteiger partial charge >= 0.3 is 0 Å². The van der Waals surface area contributed by atoms with Crippen molar-refractivity contribution in [3.05, 3.63) is 71.2 Å². The Morgan fingerprint density at radius 2 is 1.71 bits per heavy atom. The van der Waals surface area contributed by atoms with Gasteiger partial charge in [-0.3, -0.25) is 0 Å². The predicted octanol–water partition coefficient (Wildman–Crippen LogP) is 5.72. The molecule has 1 aliphatic heterocycles. The van der Waals surface area contributed by atoms with Crippen LogP contribution in [-0.2, 0) is 4.74 Å². The van der Waals surface area contributed by atoms with Crippen LogP contribution < -0.4 is 0 Å². The molecular formula is C21H18ClNO. The molecule has 0 aromatic heterocycles. The zero-order valence-electron chi connectivity index (χ0n) is 13.7. The third kappa shape index (κ3) is 2.67. The third-order valence-electron chi connectivity index (χ3n) is 4.26. The lowest BCUT2D eigenvalue weighted by Gasteiger charge is -2.12. The van der Waals surface area contributed by atoms with Crippen molar-refractivity contribution >= 4 is 28.3 Å². The third-order valence-corrected chi connectivity index (χ3v) is 4.49. The molecule has 3 aromatic rings. The molecule has 0 N–H and O–H groups in total. The van der Waals surface area contributed by atoms with Crippen LogP contribution in [0, 0.1) is 0 Å². The minimum Gasteiger partial charge on any atom is -0.475 e. The summed E-state index contributed by atoms with van der Waals surface area (Å²) in [5, 5.41) is 3.11. The molecule has 0 fully saturated rings. The zero-order valence-corrected chi connectivity index (χ0v) is 14.5. The number of ether oxygens (including phenoxy) is 1. The van der Waals surface area contributed by atoms with Gasteiger partial charge in [-0.05, 0) is 53.9 Å². The second kappa shape index (κ2) is 5.64. The summed E-state index contributed by atoms with van der Waals surface area (Å²) in [5.41, 5.74) is 2.99. The van der Waals surface area contributed by atoms with Gasteiger partial charge in [-0.1, -0.05) is 54.1 Å². The van der Waals surface area contributed by atoms with Crippen LogP contribution >= 0.6 is 11.6 Å². The van der Waals surface area contributed by atoms with Crippen LogP contribution in [0.4, 0.5) is 0 Å². The number of halogens is 1. The Bertz CT molecular complexity index is 954. The summed E-state index contributed by atoms with van der Waals surface area (Å²) < 4.78 is 5.88. The van der Waals surface area contributed by atoms with E-state index in [1.54, 1.807) is 0 Å². The maximum Gasteiger partial charge on any atom is 0.217 e. The van der Waals surface area contributed by atoms with Crippen LogP contribution in [0.2, 0.25) is 5.02 Å². The van der Waals surface area contributed by atoms with Gasteiger partial charge in [-0.25, -0.2) is 4.99 Å². The van der Waals surface area contributed by atoms with Gasteiger partial charge in [0.05, 0.1) is 5.54 Å². The fraction of sp³-hybridized carbons (Fsp3) is 0.190. The van der Waals surface area contributed by atoms with E-state index in [1.165, 1.54) is 10.8 Å². The average molecular weight is 336 g/mol. The second-order valence-corrected chi connectivity index (χ2v) is 7.17. The van der Waals surface area contributed by atoms with Crippen molar-refractivity contribution in [1.29, 1.82) is 0 Å². The Labute approximate surface area is 146 Å². The summed E-state index contributed by atoms with van der Waals surface area (Å²) in [7, 11) is 0. The monoisotopic (exact) mass is 335 g/mol. The van der Waals surface area contributed by atoms with E-state index >= 15 is 0 Å². The van der Waals surface area contributed by atoms with Crippen molar-refractivity contribution in [3.8, 4) is 11.1 Å². The summed E-state index contributed by atoms with van der Waals surface area (Å²) in [5.74, 6) is 0.694. The molecule has 0 saturated heterocycles. The number of hydrogen-bond donors (Lipinski definition) is 0. The highest BCUT2D eigenvalue weighted by atomic mass is 35.5. The quantitative estimate of drug-likeness (QED) is 0.587. The molecule has 1 aliphatic rings. The van der Waals surface area contributed by atoms with E-state index in [1.807, 2.05) is 18.2 Å². The molecule has 0 saturated carbocycles. The largest absolute Gasteiger partial charge is 0.475 e. The van der Waals surface area contributed by atoms with Gasteiger partial charge in [0.25, 0.3) is 0 Å².